The zero-order chi connectivity index (χ0) is 17.7. The molecule has 0 bridgehead atoms. The Morgan fingerprint density at radius 3 is 2.14 bits per heavy atom. The monoisotopic (exact) mass is 331 g/mol. The lowest BCUT2D eigenvalue weighted by molar-refractivity contribution is -0.126. The normalized spacial score (nSPS) is 10.1. The van der Waals surface area contributed by atoms with E-state index in [1.165, 1.54) is 32.5 Å². The van der Waals surface area contributed by atoms with Gasteiger partial charge in [0.1, 0.15) is 6.04 Å². The number of primary amides is 1. The third kappa shape index (κ3) is 8.35. The summed E-state index contributed by atoms with van der Waals surface area (Å²) < 4.78 is 0. The zero-order valence-corrected chi connectivity index (χ0v) is 14.1. The van der Waals surface area contributed by atoms with Gasteiger partial charge in [-0.15, -0.1) is 11.3 Å². The second-order valence-electron chi connectivity index (χ2n) is 3.80. The van der Waals surface area contributed by atoms with Crippen molar-refractivity contribution in [3.8, 4) is 0 Å². The molecular formula is C13H25N5O3S. The number of carbonyl (C=O) groups excluding carboxylic acids is 3. The van der Waals surface area contributed by atoms with Crippen LogP contribution in [0.3, 0.4) is 0 Å². The average molecular weight is 331 g/mol. The molecule has 1 heterocycles. The molecule has 9 heteroatoms. The topological polar surface area (TPSA) is 153 Å². The Morgan fingerprint density at radius 1 is 1.23 bits per heavy atom. The van der Waals surface area contributed by atoms with Crippen LogP contribution in [0.25, 0.3) is 0 Å². The van der Waals surface area contributed by atoms with Gasteiger partial charge in [0.2, 0.25) is 11.8 Å². The summed E-state index contributed by atoms with van der Waals surface area (Å²) in [5.74, 6) is -1.48. The Balaban J connectivity index is 0. The van der Waals surface area contributed by atoms with Gasteiger partial charge in [0, 0.05) is 7.05 Å². The van der Waals surface area contributed by atoms with Gasteiger partial charge in [-0.25, -0.2) is 0 Å². The summed E-state index contributed by atoms with van der Waals surface area (Å²) in [5, 5.41) is 6.69. The van der Waals surface area contributed by atoms with Gasteiger partial charge in [0.25, 0.3) is 5.91 Å². The van der Waals surface area contributed by atoms with Crippen LogP contribution in [-0.2, 0) is 9.59 Å². The fourth-order valence-electron chi connectivity index (χ4n) is 1.36. The second kappa shape index (κ2) is 12.7. The number of nitrogens with two attached hydrogens (primary N) is 3. The number of hydrogen-bond acceptors (Lipinski definition) is 6. The van der Waals surface area contributed by atoms with E-state index in [2.05, 4.69) is 22.1 Å². The highest BCUT2D eigenvalue weighted by Gasteiger charge is 2.22. The number of thiophene rings is 1. The van der Waals surface area contributed by atoms with Gasteiger partial charge in [-0.2, -0.15) is 0 Å². The SMILES string of the molecule is CN.CN.CNC(=O)[C@H](CC(N)=O)NC(=O)c1cc(C)cs1. The smallest absolute Gasteiger partial charge is 0.262 e. The highest BCUT2D eigenvalue weighted by molar-refractivity contribution is 7.12. The molecule has 0 unspecified atom stereocenters. The van der Waals surface area contributed by atoms with E-state index < -0.39 is 17.9 Å². The van der Waals surface area contributed by atoms with Gasteiger partial charge in [0.15, 0.2) is 0 Å². The van der Waals surface area contributed by atoms with E-state index >= 15 is 0 Å². The number of rotatable bonds is 5. The predicted molar refractivity (Wildman–Crippen MR) is 88.4 cm³/mol. The van der Waals surface area contributed by atoms with Crippen LogP contribution in [0, 0.1) is 6.92 Å². The molecule has 0 fully saturated rings. The first-order chi connectivity index (χ1) is 10.4. The minimum atomic E-state index is -0.942. The van der Waals surface area contributed by atoms with Gasteiger partial charge < -0.3 is 27.8 Å². The molecule has 0 saturated heterocycles. The van der Waals surface area contributed by atoms with Gasteiger partial charge in [-0.3, -0.25) is 14.4 Å². The molecule has 0 radical (unpaired) electrons. The van der Waals surface area contributed by atoms with Crippen molar-refractivity contribution < 1.29 is 14.4 Å². The molecule has 1 aromatic rings. The molecule has 1 aromatic heterocycles. The third-order valence-electron chi connectivity index (χ3n) is 2.23. The minimum Gasteiger partial charge on any atom is -0.370 e. The molecule has 0 spiro atoms. The first kappa shape index (κ1) is 22.3. The molecule has 0 aliphatic carbocycles. The van der Waals surface area contributed by atoms with Gasteiger partial charge in [0.05, 0.1) is 11.3 Å². The Hall–Kier alpha value is -1.97. The van der Waals surface area contributed by atoms with Crippen molar-refractivity contribution in [3.05, 3.63) is 21.9 Å². The van der Waals surface area contributed by atoms with Crippen LogP contribution in [0.5, 0.6) is 0 Å². The van der Waals surface area contributed by atoms with Crippen LogP contribution in [0.2, 0.25) is 0 Å². The number of amides is 3. The summed E-state index contributed by atoms with van der Waals surface area (Å²) >= 11 is 1.28. The van der Waals surface area contributed by atoms with Crippen molar-refractivity contribution >= 4 is 29.1 Å². The highest BCUT2D eigenvalue weighted by atomic mass is 32.1. The van der Waals surface area contributed by atoms with Crippen LogP contribution in [-0.4, -0.2) is 44.9 Å². The Morgan fingerprint density at radius 2 is 1.77 bits per heavy atom. The molecule has 0 aliphatic rings. The molecule has 1 atom stereocenters. The van der Waals surface area contributed by atoms with E-state index in [9.17, 15) is 14.4 Å². The number of likely N-dealkylation sites (N-methyl/N-ethyl adjacent to an activating group) is 1. The third-order valence-corrected chi connectivity index (χ3v) is 3.27. The fraction of sp³-hybridized carbons (Fsp3) is 0.462. The Labute approximate surface area is 134 Å². The van der Waals surface area contributed by atoms with Crippen molar-refractivity contribution in [2.45, 2.75) is 19.4 Å². The second-order valence-corrected chi connectivity index (χ2v) is 4.71. The van der Waals surface area contributed by atoms with Crippen molar-refractivity contribution in [1.29, 1.82) is 0 Å². The van der Waals surface area contributed by atoms with Crippen molar-refractivity contribution in [3.63, 3.8) is 0 Å². The summed E-state index contributed by atoms with van der Waals surface area (Å²) in [5.41, 5.74) is 15.0. The zero-order valence-electron chi connectivity index (χ0n) is 13.3. The number of aryl methyl sites for hydroxylation is 1. The van der Waals surface area contributed by atoms with Crippen molar-refractivity contribution in [2.24, 2.45) is 17.2 Å². The van der Waals surface area contributed by atoms with Crippen molar-refractivity contribution in [1.82, 2.24) is 10.6 Å². The molecule has 0 aromatic carbocycles. The quantitative estimate of drug-likeness (QED) is 0.465. The van der Waals surface area contributed by atoms with E-state index in [0.29, 0.717) is 4.88 Å². The Bertz CT molecular complexity index is 476. The van der Waals surface area contributed by atoms with Gasteiger partial charge in [-0.1, -0.05) is 0 Å². The first-order valence-corrected chi connectivity index (χ1v) is 7.33. The number of nitrogens with one attached hydrogen (secondary N) is 2. The van der Waals surface area contributed by atoms with Crippen LogP contribution in [0.4, 0.5) is 0 Å². The van der Waals surface area contributed by atoms with E-state index in [0.717, 1.165) is 5.56 Å². The molecule has 0 aliphatic heterocycles. The Kier molecular flexibility index (Phi) is 12.9. The van der Waals surface area contributed by atoms with E-state index in [4.69, 9.17) is 5.73 Å². The minimum absolute atomic E-state index is 0.226. The standard InChI is InChI=1S/C11H15N3O3S.2CH5N/c1-6-3-8(18-5-6)11(17)14-7(4-9(12)15)10(16)13-2;2*1-2/h3,5,7H,4H2,1-2H3,(H2,12,15)(H,13,16)(H,14,17);2*2H2,1H3/t7-;;/m0../s1. The molecular weight excluding hydrogens is 306 g/mol. The summed E-state index contributed by atoms with van der Waals surface area (Å²) in [6.07, 6.45) is -0.226. The van der Waals surface area contributed by atoms with Crippen LogP contribution in [0.15, 0.2) is 11.4 Å². The number of carbonyl (C=O) groups is 3. The van der Waals surface area contributed by atoms with E-state index in [1.54, 1.807) is 6.07 Å². The molecule has 8 nitrogen and oxygen atoms in total. The van der Waals surface area contributed by atoms with Crippen LogP contribution < -0.4 is 27.8 Å². The van der Waals surface area contributed by atoms with Gasteiger partial charge in [-0.05, 0) is 38.0 Å². The van der Waals surface area contributed by atoms with Crippen LogP contribution >= 0.6 is 11.3 Å². The van der Waals surface area contributed by atoms with E-state index in [-0.39, 0.29) is 12.3 Å². The lowest BCUT2D eigenvalue weighted by Gasteiger charge is -2.14. The van der Waals surface area contributed by atoms with Crippen molar-refractivity contribution in [2.75, 3.05) is 21.1 Å². The maximum atomic E-state index is 11.8. The highest BCUT2D eigenvalue weighted by Crippen LogP contribution is 2.13. The lowest BCUT2D eigenvalue weighted by atomic mass is 10.2. The lowest BCUT2D eigenvalue weighted by Crippen LogP contribution is -2.47. The molecule has 8 N–H and O–H groups in total. The molecule has 126 valence electrons. The average Bonchev–Trinajstić information content (AvgIpc) is 2.96. The van der Waals surface area contributed by atoms with Crippen LogP contribution in [0.1, 0.15) is 21.7 Å². The van der Waals surface area contributed by atoms with E-state index in [1.807, 2.05) is 12.3 Å². The molecule has 0 saturated carbocycles. The first-order valence-electron chi connectivity index (χ1n) is 6.45. The molecule has 22 heavy (non-hydrogen) atoms. The predicted octanol–water partition coefficient (Wildman–Crippen LogP) is -1.07. The maximum Gasteiger partial charge on any atom is 0.262 e. The van der Waals surface area contributed by atoms with Gasteiger partial charge >= 0.3 is 0 Å². The summed E-state index contributed by atoms with van der Waals surface area (Å²) in [4.78, 5) is 34.7. The fourth-order valence-corrected chi connectivity index (χ4v) is 2.17. The summed E-state index contributed by atoms with van der Waals surface area (Å²) in [6, 6.07) is 0.771. The number of hydrogen-bond donors (Lipinski definition) is 5. The maximum absolute atomic E-state index is 11.8. The molecule has 3 amide bonds. The largest absolute Gasteiger partial charge is 0.370 e. The molecule has 1 rings (SSSR count). The summed E-state index contributed by atoms with van der Waals surface area (Å²) in [7, 11) is 4.43. The summed E-state index contributed by atoms with van der Waals surface area (Å²) in [6.45, 7) is 1.87.